The number of anilines is 1. The van der Waals surface area contributed by atoms with Crippen LogP contribution in [0, 0.1) is 13.8 Å². The summed E-state index contributed by atoms with van der Waals surface area (Å²) in [6, 6.07) is 11.5. The molecule has 0 spiro atoms. The zero-order valence-corrected chi connectivity index (χ0v) is 17.3. The second kappa shape index (κ2) is 7.99. The number of esters is 1. The largest absolute Gasteiger partial charge is 0.447 e. The Morgan fingerprint density at radius 3 is 2.67 bits per heavy atom. The van der Waals surface area contributed by atoms with E-state index in [0.717, 1.165) is 22.6 Å². The van der Waals surface area contributed by atoms with Gasteiger partial charge in [0.25, 0.3) is 17.5 Å². The van der Waals surface area contributed by atoms with Crippen LogP contribution in [0.1, 0.15) is 28.9 Å². The Hall–Kier alpha value is -3.66. The maximum Gasteiger partial charge on any atom is 0.379 e. The second-order valence-electron chi connectivity index (χ2n) is 6.63. The van der Waals surface area contributed by atoms with Crippen molar-refractivity contribution in [1.29, 1.82) is 0 Å². The third kappa shape index (κ3) is 4.03. The number of ether oxygens (including phenoxy) is 1. The second-order valence-corrected chi connectivity index (χ2v) is 7.48. The van der Waals surface area contributed by atoms with Gasteiger partial charge in [-0.3, -0.25) is 10.1 Å². The number of aromatic nitrogens is 5. The molecule has 0 unspecified atom stereocenters. The van der Waals surface area contributed by atoms with E-state index in [2.05, 4.69) is 25.4 Å². The maximum absolute atomic E-state index is 12.4. The number of hydrogen-bond acceptors (Lipinski definition) is 8. The van der Waals surface area contributed by atoms with E-state index >= 15 is 0 Å². The van der Waals surface area contributed by atoms with Crippen molar-refractivity contribution in [2.24, 2.45) is 0 Å². The van der Waals surface area contributed by atoms with Gasteiger partial charge in [0.2, 0.25) is 0 Å². The highest BCUT2D eigenvalue weighted by molar-refractivity contribution is 7.14. The molecular weight excluding hydrogens is 404 g/mol. The van der Waals surface area contributed by atoms with Gasteiger partial charge >= 0.3 is 5.97 Å². The molecule has 0 saturated carbocycles. The number of carbonyl (C=O) groups is 2. The molecule has 4 rings (SSSR count). The molecule has 10 heteroatoms. The van der Waals surface area contributed by atoms with Gasteiger partial charge < -0.3 is 4.74 Å². The molecule has 1 atom stereocenters. The molecule has 152 valence electrons. The highest BCUT2D eigenvalue weighted by atomic mass is 32.1. The number of hydrogen-bond donors (Lipinski definition) is 1. The number of fused-ring (bicyclic) bond motifs is 1. The third-order valence-corrected chi connectivity index (χ3v) is 5.02. The average molecular weight is 422 g/mol. The minimum atomic E-state index is -1.05. The van der Waals surface area contributed by atoms with Crippen LogP contribution in [0.4, 0.5) is 5.13 Å². The van der Waals surface area contributed by atoms with E-state index in [1.54, 1.807) is 0 Å². The maximum atomic E-state index is 12.4. The standard InChI is InChI=1S/C20H18N6O3S/c1-11-9-12(2)26-19(21-11)23-16(25-26)18(28)29-13(3)17(27)24-20-22-15(10-30-20)14-7-5-4-6-8-14/h4-10,13H,1-3H3,(H,22,24,27)/t13-/m1/s1. The van der Waals surface area contributed by atoms with Gasteiger partial charge in [0, 0.05) is 22.3 Å². The Labute approximate surface area is 175 Å². The summed E-state index contributed by atoms with van der Waals surface area (Å²) >= 11 is 1.29. The molecule has 3 aromatic heterocycles. The van der Waals surface area contributed by atoms with Gasteiger partial charge in [-0.2, -0.15) is 4.98 Å². The summed E-state index contributed by atoms with van der Waals surface area (Å²) in [5, 5.41) is 9.04. The number of benzene rings is 1. The number of nitrogens with one attached hydrogen (secondary N) is 1. The van der Waals surface area contributed by atoms with Gasteiger partial charge in [0.15, 0.2) is 11.2 Å². The van der Waals surface area contributed by atoms with Crippen LogP contribution in [-0.2, 0) is 9.53 Å². The summed E-state index contributed by atoms with van der Waals surface area (Å²) in [7, 11) is 0. The number of carbonyl (C=O) groups excluding carboxylic acids is 2. The Morgan fingerprint density at radius 1 is 1.13 bits per heavy atom. The Morgan fingerprint density at radius 2 is 1.90 bits per heavy atom. The van der Waals surface area contributed by atoms with Crippen molar-refractivity contribution in [3.8, 4) is 11.3 Å². The van der Waals surface area contributed by atoms with Crippen molar-refractivity contribution < 1.29 is 14.3 Å². The van der Waals surface area contributed by atoms with E-state index in [-0.39, 0.29) is 5.82 Å². The van der Waals surface area contributed by atoms with Crippen molar-refractivity contribution >= 4 is 34.1 Å². The Balaban J connectivity index is 1.42. The van der Waals surface area contributed by atoms with E-state index in [1.165, 1.54) is 22.8 Å². The molecule has 1 aromatic carbocycles. The van der Waals surface area contributed by atoms with Crippen molar-refractivity contribution in [3.63, 3.8) is 0 Å². The number of amides is 1. The van der Waals surface area contributed by atoms with Gasteiger partial charge in [-0.25, -0.2) is 19.3 Å². The first kappa shape index (κ1) is 19.6. The van der Waals surface area contributed by atoms with Crippen LogP contribution in [0.25, 0.3) is 17.0 Å². The first-order chi connectivity index (χ1) is 14.4. The molecule has 9 nitrogen and oxygen atoms in total. The lowest BCUT2D eigenvalue weighted by atomic mass is 10.2. The highest BCUT2D eigenvalue weighted by Gasteiger charge is 2.23. The highest BCUT2D eigenvalue weighted by Crippen LogP contribution is 2.24. The number of thiazole rings is 1. The van der Waals surface area contributed by atoms with Gasteiger partial charge in [-0.15, -0.1) is 16.4 Å². The van der Waals surface area contributed by atoms with Crippen LogP contribution in [0.15, 0.2) is 41.8 Å². The van der Waals surface area contributed by atoms with Gasteiger partial charge in [0.05, 0.1) is 5.69 Å². The third-order valence-electron chi connectivity index (χ3n) is 4.26. The minimum absolute atomic E-state index is 0.156. The fraction of sp³-hybridized carbons (Fsp3) is 0.200. The summed E-state index contributed by atoms with van der Waals surface area (Å²) in [5.41, 5.74) is 3.25. The summed E-state index contributed by atoms with van der Waals surface area (Å²) in [5.74, 6) is -1.15. The monoisotopic (exact) mass is 422 g/mol. The normalized spacial score (nSPS) is 12.0. The zero-order chi connectivity index (χ0) is 21.3. The van der Waals surface area contributed by atoms with Crippen LogP contribution < -0.4 is 5.32 Å². The predicted octanol–water partition coefficient (Wildman–Crippen LogP) is 3.05. The molecule has 3 heterocycles. The zero-order valence-electron chi connectivity index (χ0n) is 16.5. The van der Waals surface area contributed by atoms with Crippen molar-refractivity contribution in [2.75, 3.05) is 5.32 Å². The van der Waals surface area contributed by atoms with E-state index < -0.39 is 18.0 Å². The van der Waals surface area contributed by atoms with Crippen molar-refractivity contribution in [3.05, 3.63) is 59.0 Å². The molecular formula is C20H18N6O3S. The Bertz CT molecular complexity index is 1230. The molecule has 1 N–H and O–H groups in total. The number of aryl methyl sites for hydroxylation is 2. The summed E-state index contributed by atoms with van der Waals surface area (Å²) < 4.78 is 6.67. The fourth-order valence-electron chi connectivity index (χ4n) is 2.80. The van der Waals surface area contributed by atoms with E-state index in [9.17, 15) is 9.59 Å². The van der Waals surface area contributed by atoms with Gasteiger partial charge in [-0.1, -0.05) is 30.3 Å². The minimum Gasteiger partial charge on any atom is -0.447 e. The van der Waals surface area contributed by atoms with Crippen LogP contribution in [0.2, 0.25) is 0 Å². The summed E-state index contributed by atoms with van der Waals surface area (Å²) in [6.07, 6.45) is -1.05. The SMILES string of the molecule is Cc1cc(C)n2nc(C(=O)O[C@H](C)C(=O)Nc3nc(-c4ccccc4)cs3)nc2n1. The quantitative estimate of drug-likeness (QED) is 0.492. The molecule has 0 aliphatic carbocycles. The smallest absolute Gasteiger partial charge is 0.379 e. The van der Waals surface area contributed by atoms with Gasteiger partial charge in [-0.05, 0) is 26.8 Å². The first-order valence-corrected chi connectivity index (χ1v) is 10.0. The molecule has 0 fully saturated rings. The number of rotatable bonds is 5. The fourth-order valence-corrected chi connectivity index (χ4v) is 3.52. The van der Waals surface area contributed by atoms with Crippen LogP contribution >= 0.6 is 11.3 Å². The lowest BCUT2D eigenvalue weighted by Crippen LogP contribution is -2.30. The predicted molar refractivity (Wildman–Crippen MR) is 111 cm³/mol. The average Bonchev–Trinajstić information content (AvgIpc) is 3.36. The van der Waals surface area contributed by atoms with E-state index in [4.69, 9.17) is 4.74 Å². The van der Waals surface area contributed by atoms with Gasteiger partial charge in [0.1, 0.15) is 0 Å². The molecule has 0 aliphatic rings. The summed E-state index contributed by atoms with van der Waals surface area (Å²) in [4.78, 5) is 37.5. The molecule has 0 radical (unpaired) electrons. The molecule has 4 aromatic rings. The topological polar surface area (TPSA) is 111 Å². The lowest BCUT2D eigenvalue weighted by Gasteiger charge is -2.10. The van der Waals surface area contributed by atoms with Crippen LogP contribution in [0.5, 0.6) is 0 Å². The molecule has 30 heavy (non-hydrogen) atoms. The van der Waals surface area contributed by atoms with Crippen LogP contribution in [0.3, 0.4) is 0 Å². The molecule has 0 saturated heterocycles. The van der Waals surface area contributed by atoms with E-state index in [0.29, 0.717) is 10.9 Å². The number of nitrogens with zero attached hydrogens (tertiary/aromatic N) is 5. The Kier molecular flexibility index (Phi) is 5.23. The molecule has 0 aliphatic heterocycles. The van der Waals surface area contributed by atoms with E-state index in [1.807, 2.05) is 55.6 Å². The van der Waals surface area contributed by atoms with Crippen LogP contribution in [-0.4, -0.2) is 42.5 Å². The summed E-state index contributed by atoms with van der Waals surface area (Å²) in [6.45, 7) is 5.13. The van der Waals surface area contributed by atoms with Crippen molar-refractivity contribution in [1.82, 2.24) is 24.6 Å². The molecule has 0 bridgehead atoms. The lowest BCUT2D eigenvalue weighted by molar-refractivity contribution is -0.123. The first-order valence-electron chi connectivity index (χ1n) is 9.14. The van der Waals surface area contributed by atoms with Crippen molar-refractivity contribution in [2.45, 2.75) is 26.9 Å². The molecule has 1 amide bonds.